The maximum atomic E-state index is 12.3. The molecule has 6 heteroatoms. The molecular formula is C20H32N2O4. The number of likely N-dealkylation sites (tertiary alicyclic amines) is 1. The van der Waals surface area contributed by atoms with Gasteiger partial charge in [-0.05, 0) is 38.8 Å². The lowest BCUT2D eigenvalue weighted by Gasteiger charge is -2.33. The SMILES string of the molecule is COc1ccc(CC(=O)NCCCN2CCCC[C@@H]2C)c(OC)c1OC. The number of hydrogen-bond acceptors (Lipinski definition) is 5. The molecule has 1 aliphatic rings. The van der Waals surface area contributed by atoms with Crippen molar-refractivity contribution in [2.75, 3.05) is 41.0 Å². The Morgan fingerprint density at radius 3 is 2.58 bits per heavy atom. The molecule has 1 atom stereocenters. The van der Waals surface area contributed by atoms with Crippen molar-refractivity contribution in [3.05, 3.63) is 17.7 Å². The summed E-state index contributed by atoms with van der Waals surface area (Å²) in [5, 5.41) is 3.01. The van der Waals surface area contributed by atoms with E-state index in [9.17, 15) is 4.79 Å². The second-order valence-electron chi connectivity index (χ2n) is 6.75. The van der Waals surface area contributed by atoms with Crippen molar-refractivity contribution in [1.29, 1.82) is 0 Å². The smallest absolute Gasteiger partial charge is 0.224 e. The predicted octanol–water partition coefficient (Wildman–Crippen LogP) is 2.64. The summed E-state index contributed by atoms with van der Waals surface area (Å²) < 4.78 is 16.1. The minimum Gasteiger partial charge on any atom is -0.493 e. The maximum absolute atomic E-state index is 12.3. The summed E-state index contributed by atoms with van der Waals surface area (Å²) in [4.78, 5) is 14.8. The largest absolute Gasteiger partial charge is 0.493 e. The molecule has 2 rings (SSSR count). The van der Waals surface area contributed by atoms with E-state index in [0.717, 1.165) is 18.5 Å². The molecule has 0 spiro atoms. The third kappa shape index (κ3) is 5.27. The van der Waals surface area contributed by atoms with Crippen molar-refractivity contribution in [1.82, 2.24) is 10.2 Å². The highest BCUT2D eigenvalue weighted by Gasteiger charge is 2.19. The van der Waals surface area contributed by atoms with E-state index >= 15 is 0 Å². The molecule has 0 aromatic heterocycles. The fraction of sp³-hybridized carbons (Fsp3) is 0.650. The molecule has 0 unspecified atom stereocenters. The number of amides is 1. The predicted molar refractivity (Wildman–Crippen MR) is 102 cm³/mol. The molecule has 1 heterocycles. The molecule has 0 saturated carbocycles. The molecule has 1 amide bonds. The van der Waals surface area contributed by atoms with Crippen molar-refractivity contribution < 1.29 is 19.0 Å². The van der Waals surface area contributed by atoms with Gasteiger partial charge in [-0.1, -0.05) is 12.5 Å². The third-order valence-corrected chi connectivity index (χ3v) is 5.02. The van der Waals surface area contributed by atoms with E-state index in [2.05, 4.69) is 17.1 Å². The van der Waals surface area contributed by atoms with Crippen LogP contribution in [0.25, 0.3) is 0 Å². The van der Waals surface area contributed by atoms with E-state index in [1.165, 1.54) is 25.8 Å². The van der Waals surface area contributed by atoms with Gasteiger partial charge in [-0.3, -0.25) is 4.79 Å². The van der Waals surface area contributed by atoms with Crippen LogP contribution in [0.5, 0.6) is 17.2 Å². The van der Waals surface area contributed by atoms with Crippen molar-refractivity contribution in [3.8, 4) is 17.2 Å². The van der Waals surface area contributed by atoms with E-state index in [0.29, 0.717) is 29.8 Å². The Morgan fingerprint density at radius 1 is 1.15 bits per heavy atom. The average Bonchev–Trinajstić information content (AvgIpc) is 2.65. The van der Waals surface area contributed by atoms with Crippen LogP contribution in [0.4, 0.5) is 0 Å². The summed E-state index contributed by atoms with van der Waals surface area (Å²) in [6.07, 6.45) is 5.13. The van der Waals surface area contributed by atoms with Gasteiger partial charge in [0.25, 0.3) is 0 Å². The van der Waals surface area contributed by atoms with Crippen LogP contribution in [0, 0.1) is 0 Å². The highest BCUT2D eigenvalue weighted by Crippen LogP contribution is 2.39. The lowest BCUT2D eigenvalue weighted by molar-refractivity contribution is -0.120. The number of ether oxygens (including phenoxy) is 3. The van der Waals surface area contributed by atoms with Crippen LogP contribution in [-0.2, 0) is 11.2 Å². The topological polar surface area (TPSA) is 60.0 Å². The van der Waals surface area contributed by atoms with E-state index in [1.54, 1.807) is 27.4 Å². The van der Waals surface area contributed by atoms with Gasteiger partial charge < -0.3 is 24.4 Å². The Bertz CT molecular complexity index is 591. The lowest BCUT2D eigenvalue weighted by atomic mass is 10.0. The van der Waals surface area contributed by atoms with Crippen LogP contribution in [-0.4, -0.2) is 57.8 Å². The Kier molecular flexibility index (Phi) is 8.04. The first kappa shape index (κ1) is 20.4. The van der Waals surface area contributed by atoms with Crippen LogP contribution < -0.4 is 19.5 Å². The molecular weight excluding hydrogens is 332 g/mol. The van der Waals surface area contributed by atoms with Gasteiger partial charge in [0, 0.05) is 24.7 Å². The van der Waals surface area contributed by atoms with E-state index in [4.69, 9.17) is 14.2 Å². The molecule has 146 valence electrons. The first-order chi connectivity index (χ1) is 12.6. The maximum Gasteiger partial charge on any atom is 0.224 e. The summed E-state index contributed by atoms with van der Waals surface area (Å²) in [7, 11) is 4.71. The zero-order valence-corrected chi connectivity index (χ0v) is 16.5. The molecule has 1 aromatic rings. The van der Waals surface area contributed by atoms with Gasteiger partial charge in [-0.15, -0.1) is 0 Å². The summed E-state index contributed by atoms with van der Waals surface area (Å²) in [6, 6.07) is 4.30. The monoisotopic (exact) mass is 364 g/mol. The molecule has 1 N–H and O–H groups in total. The second-order valence-corrected chi connectivity index (χ2v) is 6.75. The van der Waals surface area contributed by atoms with Crippen molar-refractivity contribution in [2.45, 2.75) is 45.1 Å². The van der Waals surface area contributed by atoms with E-state index in [1.807, 2.05) is 6.07 Å². The first-order valence-corrected chi connectivity index (χ1v) is 9.39. The lowest BCUT2D eigenvalue weighted by Crippen LogP contribution is -2.39. The summed E-state index contributed by atoms with van der Waals surface area (Å²) >= 11 is 0. The van der Waals surface area contributed by atoms with Crippen LogP contribution >= 0.6 is 0 Å². The number of piperidine rings is 1. The van der Waals surface area contributed by atoms with Crippen LogP contribution in [0.1, 0.15) is 38.2 Å². The van der Waals surface area contributed by atoms with Crippen molar-refractivity contribution in [3.63, 3.8) is 0 Å². The minimum atomic E-state index is -0.0118. The summed E-state index contributed by atoms with van der Waals surface area (Å²) in [6.45, 7) is 5.21. The quantitative estimate of drug-likeness (QED) is 0.683. The summed E-state index contributed by atoms with van der Waals surface area (Å²) in [5.74, 6) is 1.63. The number of nitrogens with zero attached hydrogens (tertiary/aromatic N) is 1. The minimum absolute atomic E-state index is 0.0118. The Morgan fingerprint density at radius 2 is 1.92 bits per heavy atom. The zero-order valence-electron chi connectivity index (χ0n) is 16.5. The highest BCUT2D eigenvalue weighted by atomic mass is 16.5. The summed E-state index contributed by atoms with van der Waals surface area (Å²) in [5.41, 5.74) is 0.785. The Balaban J connectivity index is 1.84. The normalized spacial score (nSPS) is 17.6. The van der Waals surface area contributed by atoms with Gasteiger partial charge in [0.1, 0.15) is 0 Å². The fourth-order valence-corrected chi connectivity index (χ4v) is 3.54. The molecule has 6 nitrogen and oxygen atoms in total. The Labute approximate surface area is 156 Å². The average molecular weight is 364 g/mol. The number of rotatable bonds is 9. The van der Waals surface area contributed by atoms with Crippen LogP contribution in [0.2, 0.25) is 0 Å². The fourth-order valence-electron chi connectivity index (χ4n) is 3.54. The number of benzene rings is 1. The molecule has 1 aliphatic heterocycles. The second kappa shape index (κ2) is 10.3. The molecule has 0 radical (unpaired) electrons. The number of carbonyl (C=O) groups is 1. The van der Waals surface area contributed by atoms with Gasteiger partial charge >= 0.3 is 0 Å². The van der Waals surface area contributed by atoms with E-state index in [-0.39, 0.29) is 12.3 Å². The molecule has 1 fully saturated rings. The van der Waals surface area contributed by atoms with Gasteiger partial charge in [0.2, 0.25) is 11.7 Å². The molecule has 0 bridgehead atoms. The Hall–Kier alpha value is -1.95. The molecule has 1 saturated heterocycles. The number of carbonyl (C=O) groups excluding carboxylic acids is 1. The van der Waals surface area contributed by atoms with Gasteiger partial charge in [-0.25, -0.2) is 0 Å². The van der Waals surface area contributed by atoms with Gasteiger partial charge in [-0.2, -0.15) is 0 Å². The van der Waals surface area contributed by atoms with Crippen molar-refractivity contribution >= 4 is 5.91 Å². The standard InChI is InChI=1S/C20H32N2O4/c1-15-8-5-6-12-22(15)13-7-11-21-18(23)14-16-9-10-17(24-2)20(26-4)19(16)25-3/h9-10,15H,5-8,11-14H2,1-4H3,(H,21,23)/t15-/m0/s1. The van der Waals surface area contributed by atoms with Crippen LogP contribution in [0.15, 0.2) is 12.1 Å². The highest BCUT2D eigenvalue weighted by molar-refractivity contribution is 5.80. The third-order valence-electron chi connectivity index (χ3n) is 5.02. The zero-order chi connectivity index (χ0) is 18.9. The van der Waals surface area contributed by atoms with E-state index < -0.39 is 0 Å². The first-order valence-electron chi connectivity index (χ1n) is 9.39. The molecule has 0 aliphatic carbocycles. The molecule has 1 aromatic carbocycles. The number of hydrogen-bond donors (Lipinski definition) is 1. The van der Waals surface area contributed by atoms with Gasteiger partial charge in [0.15, 0.2) is 11.5 Å². The number of nitrogens with one attached hydrogen (secondary N) is 1. The van der Waals surface area contributed by atoms with Crippen LogP contribution in [0.3, 0.4) is 0 Å². The molecule has 26 heavy (non-hydrogen) atoms. The van der Waals surface area contributed by atoms with Gasteiger partial charge in [0.05, 0.1) is 27.8 Å². The van der Waals surface area contributed by atoms with Crippen molar-refractivity contribution in [2.24, 2.45) is 0 Å². The number of methoxy groups -OCH3 is 3.